The molecule has 1 aromatic carbocycles. The number of nitriles is 1. The van der Waals surface area contributed by atoms with Crippen molar-refractivity contribution in [1.29, 1.82) is 5.26 Å². The van der Waals surface area contributed by atoms with Crippen LogP contribution < -0.4 is 4.90 Å². The fraction of sp³-hybridized carbons (Fsp3) is 0.308. The van der Waals surface area contributed by atoms with Crippen LogP contribution in [0.3, 0.4) is 0 Å². The first-order valence-electron chi connectivity index (χ1n) is 11.4. The maximum Gasteiger partial charge on any atom is 0.161 e. The number of pyridine rings is 1. The Morgan fingerprint density at radius 3 is 2.76 bits per heavy atom. The topological polar surface area (TPSA) is 85.9 Å². The van der Waals surface area contributed by atoms with Gasteiger partial charge in [-0.1, -0.05) is 25.1 Å². The van der Waals surface area contributed by atoms with Crippen molar-refractivity contribution in [3.8, 4) is 17.5 Å². The number of anilines is 1. The highest BCUT2D eigenvalue weighted by molar-refractivity contribution is 7.18. The van der Waals surface area contributed by atoms with Crippen molar-refractivity contribution < 1.29 is 5.11 Å². The van der Waals surface area contributed by atoms with E-state index in [0.717, 1.165) is 70.1 Å². The third-order valence-corrected chi connectivity index (χ3v) is 7.19. The zero-order valence-electron chi connectivity index (χ0n) is 18.5. The second-order valence-corrected chi connectivity index (χ2v) is 9.34. The molecule has 1 N–H and O–H groups in total. The van der Waals surface area contributed by atoms with Crippen LogP contribution in [0.4, 0.5) is 5.82 Å². The van der Waals surface area contributed by atoms with E-state index in [2.05, 4.69) is 22.9 Å². The fourth-order valence-corrected chi connectivity index (χ4v) is 5.46. The summed E-state index contributed by atoms with van der Waals surface area (Å²) in [5.74, 6) is 1.48. The number of nitrogens with zero attached hydrogens (tertiary/aromatic N) is 5. The smallest absolute Gasteiger partial charge is 0.161 e. The van der Waals surface area contributed by atoms with E-state index in [1.807, 2.05) is 36.4 Å². The van der Waals surface area contributed by atoms with Gasteiger partial charge >= 0.3 is 0 Å². The molecule has 1 atom stereocenters. The van der Waals surface area contributed by atoms with E-state index in [9.17, 15) is 10.4 Å². The fourth-order valence-electron chi connectivity index (χ4n) is 4.41. The summed E-state index contributed by atoms with van der Waals surface area (Å²) in [4.78, 5) is 18.2. The predicted octanol–water partition coefficient (Wildman–Crippen LogP) is 5.26. The normalized spacial score (nSPS) is 14.9. The molecule has 4 heterocycles. The van der Waals surface area contributed by atoms with E-state index in [1.54, 1.807) is 12.3 Å². The lowest BCUT2D eigenvalue weighted by Gasteiger charge is -2.30. The number of hydrogen-bond acceptors (Lipinski definition) is 7. The van der Waals surface area contributed by atoms with Crippen LogP contribution in [0.5, 0.6) is 0 Å². The Hall–Kier alpha value is -3.34. The van der Waals surface area contributed by atoms with Gasteiger partial charge in [-0.15, -0.1) is 11.3 Å². The van der Waals surface area contributed by atoms with Crippen LogP contribution in [0.15, 0.2) is 48.7 Å². The van der Waals surface area contributed by atoms with E-state index in [1.165, 1.54) is 17.8 Å². The molecule has 3 aromatic heterocycles. The van der Waals surface area contributed by atoms with Crippen LogP contribution in [-0.2, 0) is 6.42 Å². The molecule has 0 bridgehead atoms. The molecule has 0 aliphatic carbocycles. The van der Waals surface area contributed by atoms with Gasteiger partial charge in [0.25, 0.3) is 0 Å². The van der Waals surface area contributed by atoms with Crippen molar-refractivity contribution in [3.63, 3.8) is 0 Å². The van der Waals surface area contributed by atoms with Crippen LogP contribution in [0.2, 0.25) is 0 Å². The van der Waals surface area contributed by atoms with Gasteiger partial charge in [-0.05, 0) is 49.9 Å². The van der Waals surface area contributed by atoms with Gasteiger partial charge in [0, 0.05) is 40.7 Å². The lowest BCUT2D eigenvalue weighted by molar-refractivity contribution is 0.224. The summed E-state index contributed by atoms with van der Waals surface area (Å²) < 4.78 is 0. The van der Waals surface area contributed by atoms with Gasteiger partial charge in [-0.25, -0.2) is 15.0 Å². The molecule has 0 spiro atoms. The van der Waals surface area contributed by atoms with Gasteiger partial charge in [0.1, 0.15) is 16.8 Å². The Kier molecular flexibility index (Phi) is 6.03. The number of hydrogen-bond donors (Lipinski definition) is 1. The summed E-state index contributed by atoms with van der Waals surface area (Å²) in [5, 5.41) is 21.6. The number of benzene rings is 1. The molecule has 166 valence electrons. The van der Waals surface area contributed by atoms with E-state index >= 15 is 0 Å². The molecule has 4 aromatic rings. The highest BCUT2D eigenvalue weighted by Crippen LogP contribution is 2.37. The maximum atomic E-state index is 11.4. The molecule has 1 aliphatic heterocycles. The van der Waals surface area contributed by atoms with Crippen molar-refractivity contribution in [3.05, 3.63) is 70.4 Å². The largest absolute Gasteiger partial charge is 0.383 e. The number of fused-ring (bicyclic) bond motifs is 1. The first kappa shape index (κ1) is 21.5. The highest BCUT2D eigenvalue weighted by atomic mass is 32.1. The first-order valence-corrected chi connectivity index (χ1v) is 12.2. The van der Waals surface area contributed by atoms with Crippen molar-refractivity contribution in [1.82, 2.24) is 15.0 Å². The van der Waals surface area contributed by atoms with Gasteiger partial charge in [-0.3, -0.25) is 0 Å². The molecule has 0 radical (unpaired) electrons. The molecule has 6 nitrogen and oxygen atoms in total. The van der Waals surface area contributed by atoms with Crippen molar-refractivity contribution in [2.24, 2.45) is 0 Å². The van der Waals surface area contributed by atoms with Gasteiger partial charge in [-0.2, -0.15) is 5.26 Å². The second kappa shape index (κ2) is 9.26. The molecule has 1 saturated heterocycles. The summed E-state index contributed by atoms with van der Waals surface area (Å²) in [6, 6.07) is 15.4. The lowest BCUT2D eigenvalue weighted by Crippen LogP contribution is -2.31. The number of thiophene rings is 1. The van der Waals surface area contributed by atoms with Crippen LogP contribution >= 0.6 is 11.3 Å². The Bertz CT molecular complexity index is 1340. The Morgan fingerprint density at radius 2 is 1.97 bits per heavy atom. The highest BCUT2D eigenvalue weighted by Gasteiger charge is 2.23. The van der Waals surface area contributed by atoms with Crippen LogP contribution in [-0.4, -0.2) is 33.1 Å². The number of piperidine rings is 1. The standard InChI is InChI=1S/C26H25N5OS/c1-2-21-20-15-22(23(32)19-10-7-11-28-25(19)31-12-4-3-5-13-31)33-26(20)30-24(29-21)18-9-6-8-17(14-18)16-27/h6-11,14-15,23,32H,2-5,12-13H2,1H3. The minimum atomic E-state index is -0.773. The van der Waals surface area contributed by atoms with Crippen molar-refractivity contribution in [2.75, 3.05) is 18.0 Å². The predicted molar refractivity (Wildman–Crippen MR) is 131 cm³/mol. The minimum Gasteiger partial charge on any atom is -0.383 e. The maximum absolute atomic E-state index is 11.4. The minimum absolute atomic E-state index is 0.582. The van der Waals surface area contributed by atoms with E-state index in [0.29, 0.717) is 11.4 Å². The molecule has 33 heavy (non-hydrogen) atoms. The first-order chi connectivity index (χ1) is 16.2. The summed E-state index contributed by atoms with van der Waals surface area (Å²) in [6.07, 6.45) is 5.33. The molecule has 1 unspecified atom stereocenters. The molecule has 0 amide bonds. The van der Waals surface area contributed by atoms with Gasteiger partial charge in [0.15, 0.2) is 5.82 Å². The average molecular weight is 456 g/mol. The summed E-state index contributed by atoms with van der Waals surface area (Å²) in [6.45, 7) is 4.01. The average Bonchev–Trinajstić information content (AvgIpc) is 3.32. The molecule has 0 saturated carbocycles. The van der Waals surface area contributed by atoms with Crippen LogP contribution in [0.1, 0.15) is 54.0 Å². The van der Waals surface area contributed by atoms with E-state index in [4.69, 9.17) is 9.97 Å². The molecule has 1 fully saturated rings. The third kappa shape index (κ3) is 4.20. The van der Waals surface area contributed by atoms with Crippen LogP contribution in [0.25, 0.3) is 21.6 Å². The second-order valence-electron chi connectivity index (χ2n) is 8.27. The number of aliphatic hydroxyl groups is 1. The summed E-state index contributed by atoms with van der Waals surface area (Å²) >= 11 is 1.49. The SMILES string of the molecule is CCc1nc(-c2cccc(C#N)c2)nc2sc(C(O)c3cccnc3N3CCCCC3)cc12. The molecule has 7 heteroatoms. The Labute approximate surface area is 197 Å². The summed E-state index contributed by atoms with van der Waals surface area (Å²) in [5.41, 5.74) is 3.17. The zero-order chi connectivity index (χ0) is 22.8. The monoisotopic (exact) mass is 455 g/mol. The molecular formula is C26H25N5OS. The number of rotatable bonds is 5. The van der Waals surface area contributed by atoms with Crippen molar-refractivity contribution >= 4 is 27.4 Å². The number of aromatic nitrogens is 3. The summed E-state index contributed by atoms with van der Waals surface area (Å²) in [7, 11) is 0. The quantitative estimate of drug-likeness (QED) is 0.442. The number of aliphatic hydroxyl groups excluding tert-OH is 1. The Morgan fingerprint density at radius 1 is 1.12 bits per heavy atom. The van der Waals surface area contributed by atoms with Gasteiger partial charge < -0.3 is 10.0 Å². The third-order valence-electron chi connectivity index (χ3n) is 6.11. The van der Waals surface area contributed by atoms with Crippen LogP contribution in [0, 0.1) is 11.3 Å². The van der Waals surface area contributed by atoms with Gasteiger partial charge in [0.05, 0.1) is 17.3 Å². The zero-order valence-corrected chi connectivity index (χ0v) is 19.3. The molecule has 1 aliphatic rings. The molecule has 5 rings (SSSR count). The van der Waals surface area contributed by atoms with E-state index < -0.39 is 6.10 Å². The van der Waals surface area contributed by atoms with E-state index in [-0.39, 0.29) is 0 Å². The molecular weight excluding hydrogens is 430 g/mol. The number of aryl methyl sites for hydroxylation is 1. The lowest BCUT2D eigenvalue weighted by atomic mass is 10.1. The van der Waals surface area contributed by atoms with Gasteiger partial charge in [0.2, 0.25) is 0 Å². The Balaban J connectivity index is 1.55. The van der Waals surface area contributed by atoms with Crippen molar-refractivity contribution in [2.45, 2.75) is 38.7 Å².